The van der Waals surface area contributed by atoms with Gasteiger partial charge < -0.3 is 9.84 Å². The van der Waals surface area contributed by atoms with Crippen molar-refractivity contribution in [3.8, 4) is 0 Å². The fraction of sp³-hybridized carbons (Fsp3) is 0.657. The summed E-state index contributed by atoms with van der Waals surface area (Å²) in [6.45, 7) is 4.29. The molecule has 0 saturated heterocycles. The molecule has 0 bridgehead atoms. The lowest BCUT2D eigenvalue weighted by Crippen LogP contribution is -2.16. The summed E-state index contributed by atoms with van der Waals surface area (Å²) in [6, 6.07) is 0. The molecule has 0 aromatic rings. The number of carboxylic acid groups (broad SMARTS) is 1. The van der Waals surface area contributed by atoms with Gasteiger partial charge in [-0.3, -0.25) is 9.59 Å². The van der Waals surface area contributed by atoms with Crippen LogP contribution in [0.1, 0.15) is 142 Å². The van der Waals surface area contributed by atoms with Crippen molar-refractivity contribution in [1.82, 2.24) is 0 Å². The lowest BCUT2D eigenvalue weighted by molar-refractivity contribution is -0.147. The van der Waals surface area contributed by atoms with E-state index in [1.54, 1.807) is 0 Å². The molecule has 4 nitrogen and oxygen atoms in total. The number of hydrogen-bond acceptors (Lipinski definition) is 3. The molecule has 0 aliphatic heterocycles. The first kappa shape index (κ1) is 36.6. The minimum absolute atomic E-state index is 0.0913. The predicted molar refractivity (Wildman–Crippen MR) is 167 cm³/mol. The smallest absolute Gasteiger partial charge is 0.306 e. The van der Waals surface area contributed by atoms with Crippen molar-refractivity contribution in [1.29, 1.82) is 0 Å². The Kier molecular flexibility index (Phi) is 28.4. The Morgan fingerprint density at radius 1 is 0.615 bits per heavy atom. The van der Waals surface area contributed by atoms with Crippen LogP contribution in [-0.4, -0.2) is 23.1 Å². The molecule has 0 fully saturated rings. The average Bonchev–Trinajstić information content (AvgIpc) is 2.91. The van der Waals surface area contributed by atoms with Crippen LogP contribution in [0.3, 0.4) is 0 Å². The molecule has 39 heavy (non-hydrogen) atoms. The van der Waals surface area contributed by atoms with E-state index in [4.69, 9.17) is 9.84 Å². The van der Waals surface area contributed by atoms with Crippen LogP contribution < -0.4 is 0 Å². The third kappa shape index (κ3) is 30.0. The van der Waals surface area contributed by atoms with Crippen molar-refractivity contribution < 1.29 is 19.4 Å². The molecule has 0 radical (unpaired) electrons. The summed E-state index contributed by atoms with van der Waals surface area (Å²) in [5, 5.41) is 8.73. The number of allylic oxidation sites excluding steroid dienone is 9. The molecule has 0 spiro atoms. The van der Waals surface area contributed by atoms with Gasteiger partial charge in [0.2, 0.25) is 0 Å². The van der Waals surface area contributed by atoms with Crippen LogP contribution in [0.25, 0.3) is 0 Å². The lowest BCUT2D eigenvalue weighted by Gasteiger charge is -2.14. The normalized spacial score (nSPS) is 13.1. The highest BCUT2D eigenvalue weighted by Gasteiger charge is 2.11. The number of aliphatic carboxylic acids is 1. The summed E-state index contributed by atoms with van der Waals surface area (Å²) < 4.78 is 5.74. The van der Waals surface area contributed by atoms with E-state index in [1.165, 1.54) is 25.7 Å². The van der Waals surface area contributed by atoms with Gasteiger partial charge in [0.15, 0.2) is 0 Å². The maximum absolute atomic E-state index is 12.3. The van der Waals surface area contributed by atoms with Gasteiger partial charge >= 0.3 is 11.9 Å². The second-order valence-electron chi connectivity index (χ2n) is 10.3. The fourth-order valence-corrected chi connectivity index (χ4v) is 4.15. The highest BCUT2D eigenvalue weighted by atomic mass is 16.5. The molecular weight excluding hydrogens is 484 g/mol. The molecule has 222 valence electrons. The first-order valence-electron chi connectivity index (χ1n) is 15.8. The van der Waals surface area contributed by atoms with Crippen molar-refractivity contribution in [2.45, 2.75) is 148 Å². The molecule has 0 heterocycles. The number of carbonyl (C=O) groups is 2. The summed E-state index contributed by atoms with van der Waals surface area (Å²) in [7, 11) is 0. The molecule has 0 aromatic heterocycles. The van der Waals surface area contributed by atoms with Crippen molar-refractivity contribution >= 4 is 11.9 Å². The maximum Gasteiger partial charge on any atom is 0.306 e. The zero-order valence-corrected chi connectivity index (χ0v) is 25.2. The number of ether oxygens (including phenoxy) is 1. The number of esters is 1. The Morgan fingerprint density at radius 3 is 1.77 bits per heavy atom. The molecule has 0 saturated carbocycles. The first-order chi connectivity index (χ1) is 19.1. The highest BCUT2D eigenvalue weighted by Crippen LogP contribution is 2.14. The molecular formula is C35H58O4. The quantitative estimate of drug-likeness (QED) is 0.0637. The van der Waals surface area contributed by atoms with E-state index in [9.17, 15) is 9.59 Å². The van der Waals surface area contributed by atoms with E-state index in [1.807, 2.05) is 6.08 Å². The van der Waals surface area contributed by atoms with Gasteiger partial charge in [0.25, 0.3) is 0 Å². The monoisotopic (exact) mass is 542 g/mol. The molecule has 4 heteroatoms. The van der Waals surface area contributed by atoms with Gasteiger partial charge in [-0.1, -0.05) is 113 Å². The minimum atomic E-state index is -0.730. The minimum Gasteiger partial charge on any atom is -0.481 e. The highest BCUT2D eigenvalue weighted by molar-refractivity contribution is 5.69. The summed E-state index contributed by atoms with van der Waals surface area (Å²) in [6.07, 6.45) is 41.3. The van der Waals surface area contributed by atoms with Crippen molar-refractivity contribution in [2.75, 3.05) is 0 Å². The van der Waals surface area contributed by atoms with E-state index in [0.29, 0.717) is 6.42 Å². The van der Waals surface area contributed by atoms with Gasteiger partial charge in [-0.2, -0.15) is 0 Å². The SMILES string of the molecule is CC/C=C\C/C=C\C/C=C\C/C=C\CCCCCCCCC(=O)OC(/C=C\CCC)CCCCCCC(=O)O. The molecule has 0 amide bonds. The average molecular weight is 543 g/mol. The van der Waals surface area contributed by atoms with E-state index < -0.39 is 5.97 Å². The topological polar surface area (TPSA) is 63.6 Å². The largest absolute Gasteiger partial charge is 0.481 e. The Balaban J connectivity index is 3.79. The van der Waals surface area contributed by atoms with Gasteiger partial charge in [-0.15, -0.1) is 0 Å². The Hall–Kier alpha value is -2.36. The second-order valence-corrected chi connectivity index (χ2v) is 10.3. The third-order valence-electron chi connectivity index (χ3n) is 6.44. The number of unbranched alkanes of at least 4 members (excludes halogenated alkanes) is 10. The Labute approximate surface area is 240 Å². The standard InChI is InChI=1S/C35H58O4/c1-3-5-7-8-9-10-11-12-13-14-15-16-17-18-19-20-21-22-28-32-35(38)39-33(29-25-6-4-2)30-26-23-24-27-31-34(36)37/h5,7,9-10,12-13,15-16,25,29,33H,3-4,6,8,11,14,17-24,26-28,30-32H2,1-2H3,(H,36,37)/b7-5-,10-9-,13-12-,16-15-,29-25-. The van der Waals surface area contributed by atoms with E-state index in [0.717, 1.165) is 89.9 Å². The Bertz CT molecular complexity index is 714. The molecule has 0 aliphatic carbocycles. The van der Waals surface area contributed by atoms with E-state index in [-0.39, 0.29) is 18.5 Å². The van der Waals surface area contributed by atoms with Gasteiger partial charge in [0.1, 0.15) is 6.10 Å². The molecule has 1 N–H and O–H groups in total. The Morgan fingerprint density at radius 2 is 1.15 bits per heavy atom. The van der Waals surface area contributed by atoms with Crippen LogP contribution in [0, 0.1) is 0 Å². The lowest BCUT2D eigenvalue weighted by atomic mass is 10.1. The van der Waals surface area contributed by atoms with Crippen LogP contribution in [0.15, 0.2) is 60.8 Å². The van der Waals surface area contributed by atoms with Crippen LogP contribution in [0.2, 0.25) is 0 Å². The van der Waals surface area contributed by atoms with Crippen molar-refractivity contribution in [3.05, 3.63) is 60.8 Å². The molecule has 0 aliphatic rings. The number of carbonyl (C=O) groups excluding carboxylic acids is 1. The van der Waals surface area contributed by atoms with Gasteiger partial charge in [0.05, 0.1) is 0 Å². The van der Waals surface area contributed by atoms with Gasteiger partial charge in [-0.05, 0) is 76.7 Å². The van der Waals surface area contributed by atoms with Crippen molar-refractivity contribution in [3.63, 3.8) is 0 Å². The molecule has 0 aromatic carbocycles. The summed E-state index contributed by atoms with van der Waals surface area (Å²) in [5.41, 5.74) is 0. The molecule has 0 rings (SSSR count). The van der Waals surface area contributed by atoms with Crippen LogP contribution in [0.5, 0.6) is 0 Å². The zero-order valence-electron chi connectivity index (χ0n) is 25.2. The fourth-order valence-electron chi connectivity index (χ4n) is 4.15. The van der Waals surface area contributed by atoms with Crippen molar-refractivity contribution in [2.24, 2.45) is 0 Å². The maximum atomic E-state index is 12.3. The van der Waals surface area contributed by atoms with E-state index in [2.05, 4.69) is 68.5 Å². The third-order valence-corrected chi connectivity index (χ3v) is 6.44. The second kappa shape index (κ2) is 30.2. The number of carboxylic acids is 1. The predicted octanol–water partition coefficient (Wildman–Crippen LogP) is 10.6. The molecule has 1 unspecified atom stereocenters. The number of hydrogen-bond donors (Lipinski definition) is 1. The van der Waals surface area contributed by atoms with Gasteiger partial charge in [-0.25, -0.2) is 0 Å². The summed E-state index contributed by atoms with van der Waals surface area (Å²) in [5.74, 6) is -0.822. The van der Waals surface area contributed by atoms with E-state index >= 15 is 0 Å². The van der Waals surface area contributed by atoms with Crippen LogP contribution in [-0.2, 0) is 14.3 Å². The van der Waals surface area contributed by atoms with Crippen LogP contribution in [0.4, 0.5) is 0 Å². The van der Waals surface area contributed by atoms with Crippen LogP contribution >= 0.6 is 0 Å². The number of rotatable bonds is 27. The zero-order chi connectivity index (χ0) is 28.7. The van der Waals surface area contributed by atoms with Gasteiger partial charge in [0, 0.05) is 12.8 Å². The first-order valence-corrected chi connectivity index (χ1v) is 15.8. The summed E-state index contributed by atoms with van der Waals surface area (Å²) >= 11 is 0. The molecule has 1 atom stereocenters. The summed E-state index contributed by atoms with van der Waals surface area (Å²) in [4.78, 5) is 22.9.